The maximum atomic E-state index is 13.1. The van der Waals surface area contributed by atoms with E-state index in [2.05, 4.69) is 31.0 Å². The highest BCUT2D eigenvalue weighted by Gasteiger charge is 2.54. The van der Waals surface area contributed by atoms with Gasteiger partial charge in [-0.2, -0.15) is 0 Å². The lowest BCUT2D eigenvalue weighted by Gasteiger charge is -2.49. The van der Waals surface area contributed by atoms with Crippen molar-refractivity contribution in [3.8, 4) is 0 Å². The number of anilines is 1. The van der Waals surface area contributed by atoms with Crippen molar-refractivity contribution in [1.82, 2.24) is 35.4 Å². The van der Waals surface area contributed by atoms with Crippen LogP contribution < -0.4 is 22.5 Å². The van der Waals surface area contributed by atoms with Gasteiger partial charge in [0.15, 0.2) is 10.8 Å². The van der Waals surface area contributed by atoms with Crippen LogP contribution in [-0.4, -0.2) is 101 Å². The summed E-state index contributed by atoms with van der Waals surface area (Å²) >= 11 is 3.71. The van der Waals surface area contributed by atoms with Crippen LogP contribution in [-0.2, 0) is 25.8 Å². The van der Waals surface area contributed by atoms with E-state index in [1.54, 1.807) is 5.38 Å². The molecular weight excluding hydrogens is 558 g/mol. The number of nitrogens with two attached hydrogens (primary N) is 3. The van der Waals surface area contributed by atoms with Crippen LogP contribution in [0.15, 0.2) is 27.0 Å². The molecule has 1 fully saturated rings. The Labute approximate surface area is 228 Å². The molecule has 0 spiro atoms. The normalized spacial score (nSPS) is 19.3. The fourth-order valence-corrected chi connectivity index (χ4v) is 6.51. The van der Waals surface area contributed by atoms with E-state index in [0.29, 0.717) is 42.5 Å². The van der Waals surface area contributed by atoms with Crippen molar-refractivity contribution in [2.45, 2.75) is 29.5 Å². The number of carbonyl (C=O) groups is 3. The molecule has 2 aromatic rings. The number of nitrogens with one attached hydrogen (secondary N) is 1. The van der Waals surface area contributed by atoms with Crippen LogP contribution in [0.3, 0.4) is 0 Å². The number of oxime groups is 1. The average molecular weight is 584 g/mol. The van der Waals surface area contributed by atoms with Gasteiger partial charge < -0.3 is 32.5 Å². The molecule has 1 unspecified atom stereocenters. The maximum Gasteiger partial charge on any atom is 0.352 e. The van der Waals surface area contributed by atoms with E-state index in [-0.39, 0.29) is 34.6 Å². The summed E-state index contributed by atoms with van der Waals surface area (Å²) in [6, 6.07) is -0.960. The van der Waals surface area contributed by atoms with Crippen LogP contribution in [0.2, 0.25) is 0 Å². The summed E-state index contributed by atoms with van der Waals surface area (Å²) in [5, 5.41) is 29.5. The van der Waals surface area contributed by atoms with E-state index < -0.39 is 29.2 Å². The molecule has 2 aliphatic rings. The lowest BCUT2D eigenvalue weighted by atomic mass is 10.0. The minimum atomic E-state index is -1.24. The molecule has 2 atom stereocenters. The highest BCUT2D eigenvalue weighted by molar-refractivity contribution is 8.01. The SMILES string of the molecule is NCCCO/N=C(\C(=O)NC1C(=O)N2C(C(=O)O)=C(CSc3nnnn3CCN)CS[C@H]12)c1csc(N)n1. The molecular formula is C19H25N11O5S3. The number of rotatable bonds is 13. The number of carbonyl (C=O) groups excluding carboxylic acids is 2. The molecule has 8 N–H and O–H groups in total. The van der Waals surface area contributed by atoms with Gasteiger partial charge in [0.1, 0.15) is 29.4 Å². The highest BCUT2D eigenvalue weighted by atomic mass is 32.2. The molecule has 0 saturated carbocycles. The Balaban J connectivity index is 1.47. The number of carboxylic acid groups (broad SMARTS) is 1. The van der Waals surface area contributed by atoms with Crippen LogP contribution in [0.5, 0.6) is 0 Å². The minimum absolute atomic E-state index is 0.110. The Hall–Kier alpha value is -3.26. The van der Waals surface area contributed by atoms with Gasteiger partial charge in [-0.1, -0.05) is 16.9 Å². The molecule has 204 valence electrons. The second-order valence-corrected chi connectivity index (χ2v) is 10.8. The van der Waals surface area contributed by atoms with E-state index in [4.69, 9.17) is 22.0 Å². The number of hydrogen-bond acceptors (Lipinski definition) is 15. The molecule has 2 amide bonds. The molecule has 0 bridgehead atoms. The zero-order chi connectivity index (χ0) is 27.2. The van der Waals surface area contributed by atoms with E-state index in [1.807, 2.05) is 0 Å². The summed E-state index contributed by atoms with van der Waals surface area (Å²) in [4.78, 5) is 48.7. The number of thiazole rings is 1. The van der Waals surface area contributed by atoms with E-state index >= 15 is 0 Å². The molecule has 38 heavy (non-hydrogen) atoms. The standard InChI is InChI=1S/C19H25N11O5S3/c20-2-1-5-35-26-11(10-8-37-18(22)23-10)14(31)24-12-15(32)30-13(17(33)34)9(6-36-16(12)30)7-38-19-25-27-28-29(19)4-3-21/h8,12,16H,1-7,20-21H2,(H2,22,23)(H,24,31)(H,33,34)/b26-11-/t12?,16-/m1/s1. The predicted molar refractivity (Wildman–Crippen MR) is 140 cm³/mol. The molecule has 2 aromatic heterocycles. The first-order chi connectivity index (χ1) is 18.3. The quantitative estimate of drug-likeness (QED) is 0.0578. The van der Waals surface area contributed by atoms with Crippen molar-refractivity contribution >= 4 is 63.5 Å². The van der Waals surface area contributed by atoms with Gasteiger partial charge in [-0.25, -0.2) is 14.5 Å². The van der Waals surface area contributed by atoms with E-state index in [0.717, 1.165) is 11.3 Å². The highest BCUT2D eigenvalue weighted by Crippen LogP contribution is 2.41. The van der Waals surface area contributed by atoms with Crippen molar-refractivity contribution < 1.29 is 24.3 Å². The van der Waals surface area contributed by atoms with E-state index in [9.17, 15) is 19.5 Å². The van der Waals surface area contributed by atoms with E-state index in [1.165, 1.54) is 33.1 Å². The molecule has 0 aromatic carbocycles. The fraction of sp³-hybridized carbons (Fsp3) is 0.474. The number of thioether (sulfide) groups is 2. The summed E-state index contributed by atoms with van der Waals surface area (Å²) < 4.78 is 1.53. The van der Waals surface area contributed by atoms with Gasteiger partial charge in [-0.05, 0) is 29.0 Å². The minimum Gasteiger partial charge on any atom is -0.477 e. The first-order valence-corrected chi connectivity index (χ1v) is 14.2. The number of β-lactam (4-membered cyclic amide) rings is 1. The van der Waals surface area contributed by atoms with Crippen molar-refractivity contribution in [2.75, 3.05) is 36.9 Å². The smallest absolute Gasteiger partial charge is 0.352 e. The number of nitrogen functional groups attached to an aromatic ring is 1. The molecule has 16 nitrogen and oxygen atoms in total. The van der Waals surface area contributed by atoms with Crippen molar-refractivity contribution in [1.29, 1.82) is 0 Å². The molecule has 19 heteroatoms. The molecule has 4 rings (SSSR count). The summed E-state index contributed by atoms with van der Waals surface area (Å²) in [6.07, 6.45) is 0.527. The maximum absolute atomic E-state index is 13.1. The number of tetrazole rings is 1. The van der Waals surface area contributed by atoms with Crippen molar-refractivity contribution in [3.05, 3.63) is 22.3 Å². The lowest BCUT2D eigenvalue weighted by molar-refractivity contribution is -0.150. The van der Waals surface area contributed by atoms with Gasteiger partial charge in [-0.15, -0.1) is 28.2 Å². The van der Waals surface area contributed by atoms with Crippen LogP contribution in [0.1, 0.15) is 12.1 Å². The van der Waals surface area contributed by atoms with Crippen molar-refractivity contribution in [2.24, 2.45) is 16.6 Å². The first kappa shape index (κ1) is 27.8. The number of nitrogens with zero attached hydrogens (tertiary/aromatic N) is 7. The van der Waals surface area contributed by atoms with Gasteiger partial charge >= 0.3 is 5.97 Å². The van der Waals surface area contributed by atoms with Gasteiger partial charge in [0.05, 0.1) is 6.54 Å². The number of carboxylic acids is 1. The van der Waals surface area contributed by atoms with Gasteiger partial charge in [0.2, 0.25) is 5.16 Å². The Morgan fingerprint density at radius 2 is 2.16 bits per heavy atom. The number of amides is 2. The van der Waals surface area contributed by atoms with Gasteiger partial charge in [0, 0.05) is 23.4 Å². The van der Waals surface area contributed by atoms with Crippen molar-refractivity contribution in [3.63, 3.8) is 0 Å². The zero-order valence-corrected chi connectivity index (χ0v) is 22.3. The second kappa shape index (κ2) is 12.5. The fourth-order valence-electron chi connectivity index (χ4n) is 3.58. The molecule has 0 radical (unpaired) electrons. The van der Waals surface area contributed by atoms with Gasteiger partial charge in [0.25, 0.3) is 11.8 Å². The van der Waals surface area contributed by atoms with Crippen LogP contribution in [0, 0.1) is 0 Å². The lowest BCUT2D eigenvalue weighted by Crippen LogP contribution is -2.71. The Bertz CT molecular complexity index is 1260. The summed E-state index contributed by atoms with van der Waals surface area (Å²) in [6.45, 7) is 1.33. The topological polar surface area (TPSA) is 243 Å². The predicted octanol–water partition coefficient (Wildman–Crippen LogP) is -1.73. The number of hydrogen-bond donors (Lipinski definition) is 5. The van der Waals surface area contributed by atoms with Crippen LogP contribution in [0.4, 0.5) is 5.13 Å². The van der Waals surface area contributed by atoms with Gasteiger partial charge in [-0.3, -0.25) is 14.5 Å². The number of fused-ring (bicyclic) bond motifs is 1. The third-order valence-corrected chi connectivity index (χ3v) is 8.38. The molecule has 0 aliphatic carbocycles. The monoisotopic (exact) mass is 583 g/mol. The average Bonchev–Trinajstić information content (AvgIpc) is 3.53. The zero-order valence-electron chi connectivity index (χ0n) is 19.8. The molecule has 2 aliphatic heterocycles. The Morgan fingerprint density at radius 1 is 1.34 bits per heavy atom. The largest absolute Gasteiger partial charge is 0.477 e. The summed E-state index contributed by atoms with van der Waals surface area (Å²) in [7, 11) is 0. The first-order valence-electron chi connectivity index (χ1n) is 11.3. The molecule has 4 heterocycles. The number of aromatic nitrogens is 5. The van der Waals surface area contributed by atoms with Crippen LogP contribution >= 0.6 is 34.9 Å². The van der Waals surface area contributed by atoms with Crippen LogP contribution in [0.25, 0.3) is 0 Å². The second-order valence-electron chi connectivity index (χ2n) is 7.87. The number of aliphatic carboxylic acids is 1. The molecule has 1 saturated heterocycles. The third kappa shape index (κ3) is 5.90. The summed E-state index contributed by atoms with van der Waals surface area (Å²) in [5.74, 6) is -1.89. The Kier molecular flexibility index (Phi) is 9.15. The Morgan fingerprint density at radius 3 is 2.84 bits per heavy atom. The summed E-state index contributed by atoms with van der Waals surface area (Å²) in [5.41, 5.74) is 17.2. The third-order valence-electron chi connectivity index (χ3n) is 5.33.